The summed E-state index contributed by atoms with van der Waals surface area (Å²) in [6.07, 6.45) is 1.01. The number of aromatic amines is 2. The van der Waals surface area contributed by atoms with Gasteiger partial charge in [0.15, 0.2) is 11.6 Å². The first kappa shape index (κ1) is 36.6. The number of carbonyl (C=O) groups excluding carboxylic acids is 5. The van der Waals surface area contributed by atoms with Crippen LogP contribution in [0.15, 0.2) is 18.2 Å². The van der Waals surface area contributed by atoms with Crippen LogP contribution in [-0.2, 0) is 28.6 Å². The van der Waals surface area contributed by atoms with Crippen LogP contribution in [0.2, 0.25) is 0 Å². The average molecular weight is 712 g/mol. The zero-order valence-corrected chi connectivity index (χ0v) is 30.8. The lowest BCUT2D eigenvalue weighted by Crippen LogP contribution is -2.36. The molecule has 2 aliphatic heterocycles. The monoisotopic (exact) mass is 711 g/mol. The number of methoxy groups -OCH3 is 2. The van der Waals surface area contributed by atoms with E-state index in [1.807, 2.05) is 39.0 Å². The molecule has 0 fully saturated rings. The number of esters is 3. The summed E-state index contributed by atoms with van der Waals surface area (Å²) in [5, 5.41) is 0. The topological polar surface area (TPSA) is 196 Å². The number of aryl methyl sites for hydroxylation is 2. The van der Waals surface area contributed by atoms with Gasteiger partial charge in [-0.25, -0.2) is 0 Å². The molecular weight excluding hydrogens is 666 g/mol. The van der Waals surface area contributed by atoms with Crippen molar-refractivity contribution in [1.82, 2.24) is 19.9 Å². The Morgan fingerprint density at radius 2 is 1.52 bits per heavy atom. The fraction of sp³-hybridized carbons (Fsp3) is 0.462. The van der Waals surface area contributed by atoms with Crippen LogP contribution in [0.4, 0.5) is 0 Å². The van der Waals surface area contributed by atoms with Crippen molar-refractivity contribution in [3.8, 4) is 0 Å². The first-order valence-electron chi connectivity index (χ1n) is 17.6. The first-order valence-corrected chi connectivity index (χ1v) is 17.6. The second-order valence-electron chi connectivity index (χ2n) is 14.0. The van der Waals surface area contributed by atoms with Crippen molar-refractivity contribution in [2.24, 2.45) is 5.73 Å². The third-order valence-corrected chi connectivity index (χ3v) is 11.0. The Morgan fingerprint density at radius 1 is 0.885 bits per heavy atom. The van der Waals surface area contributed by atoms with Gasteiger partial charge in [0.25, 0.3) is 0 Å². The molecule has 0 radical (unpaired) electrons. The van der Waals surface area contributed by atoms with E-state index in [1.165, 1.54) is 21.1 Å². The molecule has 1 aliphatic carbocycles. The van der Waals surface area contributed by atoms with E-state index in [-0.39, 0.29) is 48.8 Å². The average Bonchev–Trinajstić information content (AvgIpc) is 3.86. The summed E-state index contributed by atoms with van der Waals surface area (Å²) in [6.45, 7) is 11.1. The van der Waals surface area contributed by atoms with Gasteiger partial charge in [-0.2, -0.15) is 0 Å². The van der Waals surface area contributed by atoms with Gasteiger partial charge in [0.2, 0.25) is 0 Å². The highest BCUT2D eigenvalue weighted by Crippen LogP contribution is 2.48. The molecule has 13 nitrogen and oxygen atoms in total. The highest BCUT2D eigenvalue weighted by atomic mass is 16.5. The Labute approximate surface area is 301 Å². The van der Waals surface area contributed by atoms with Crippen LogP contribution in [0.25, 0.3) is 22.1 Å². The van der Waals surface area contributed by atoms with Crippen LogP contribution in [0.1, 0.15) is 137 Å². The molecule has 8 bridgehead atoms. The van der Waals surface area contributed by atoms with E-state index in [1.54, 1.807) is 0 Å². The number of hydrogen-bond donors (Lipinski definition) is 3. The molecule has 3 aliphatic rings. The number of H-pyrrole nitrogens is 2. The Kier molecular flexibility index (Phi) is 9.93. The quantitative estimate of drug-likeness (QED) is 0.108. The van der Waals surface area contributed by atoms with E-state index in [9.17, 15) is 24.0 Å². The second kappa shape index (κ2) is 14.1. The maximum absolute atomic E-state index is 14.2. The minimum atomic E-state index is -1.26. The van der Waals surface area contributed by atoms with Crippen molar-refractivity contribution >= 4 is 51.5 Å². The number of hydrogen-bond acceptors (Lipinski definition) is 11. The summed E-state index contributed by atoms with van der Waals surface area (Å²) < 4.78 is 15.1. The van der Waals surface area contributed by atoms with Crippen molar-refractivity contribution in [3.05, 3.63) is 68.8 Å². The van der Waals surface area contributed by atoms with Crippen LogP contribution >= 0.6 is 0 Å². The summed E-state index contributed by atoms with van der Waals surface area (Å²) in [5.74, 6) is -4.30. The van der Waals surface area contributed by atoms with Gasteiger partial charge in [0.1, 0.15) is 18.6 Å². The number of nitrogens with one attached hydrogen (secondary N) is 2. The minimum Gasteiger partial charge on any atom is -0.468 e. The van der Waals surface area contributed by atoms with Crippen LogP contribution < -0.4 is 5.73 Å². The van der Waals surface area contributed by atoms with Crippen LogP contribution in [-0.4, -0.2) is 76.3 Å². The van der Waals surface area contributed by atoms with Gasteiger partial charge in [0.05, 0.1) is 30.9 Å². The number of aromatic nitrogens is 4. The van der Waals surface area contributed by atoms with E-state index >= 15 is 0 Å². The standard InChI is InChI=1S/C39H45N5O8/c1-9-21-16(2)24-14-29-31(20(6)45)18(4)26(42-29)12-25-17(3)22(10-11-30(46)52-15-23(40)38(48)50-7)35(43-25)33-34(39(49)51-8)37(47)32-19(5)27(44-36(32)33)13-28(21)41-24/h12-14,16-17,21-23,34,42,44H,9-11,15,40H2,1-8H3/t16?,17?,21?,22?,23-,34?/m0/s1. The molecule has 3 aromatic heterocycles. The molecule has 5 unspecified atom stereocenters. The van der Waals surface area contributed by atoms with Crippen molar-refractivity contribution in [1.29, 1.82) is 0 Å². The molecular formula is C39H45N5O8. The zero-order chi connectivity index (χ0) is 37.8. The van der Waals surface area contributed by atoms with Gasteiger partial charge < -0.3 is 29.9 Å². The number of fused-ring (bicyclic) bond motifs is 8. The van der Waals surface area contributed by atoms with Crippen molar-refractivity contribution < 1.29 is 38.2 Å². The SMILES string of the molecule is CCC1c2cc3[nH]c4c(c3C)C(=O)C(C(=O)OC)c4c3nc(cc4[nH]c(cc(n2)C1C)c(C(C)=O)c4C)C(C)C3CCC(=O)OC[C@H](N)C(=O)OC. The molecule has 0 spiro atoms. The number of nitrogens with two attached hydrogens (primary N) is 1. The largest absolute Gasteiger partial charge is 0.468 e. The number of Topliss-reactive ketones (excluding diaryl/α,β-unsaturated/α-hetero) is 2. The van der Waals surface area contributed by atoms with Gasteiger partial charge in [-0.1, -0.05) is 20.8 Å². The van der Waals surface area contributed by atoms with E-state index in [0.29, 0.717) is 55.7 Å². The smallest absolute Gasteiger partial charge is 0.326 e. The number of rotatable bonds is 9. The molecule has 0 saturated heterocycles. The molecule has 274 valence electrons. The summed E-state index contributed by atoms with van der Waals surface area (Å²) >= 11 is 0. The van der Waals surface area contributed by atoms with Crippen LogP contribution in [0.5, 0.6) is 0 Å². The summed E-state index contributed by atoms with van der Waals surface area (Å²) in [4.78, 5) is 82.5. The molecule has 0 aromatic carbocycles. The van der Waals surface area contributed by atoms with Crippen LogP contribution in [0.3, 0.4) is 0 Å². The third-order valence-electron chi connectivity index (χ3n) is 11.0. The van der Waals surface area contributed by atoms with Gasteiger partial charge >= 0.3 is 17.9 Å². The Morgan fingerprint density at radius 3 is 2.17 bits per heavy atom. The molecule has 5 heterocycles. The normalized spacial score (nSPS) is 21.2. The van der Waals surface area contributed by atoms with Gasteiger partial charge in [0, 0.05) is 74.9 Å². The summed E-state index contributed by atoms with van der Waals surface area (Å²) in [5.41, 5.74) is 13.9. The second-order valence-corrected chi connectivity index (χ2v) is 14.0. The maximum atomic E-state index is 14.2. The van der Waals surface area contributed by atoms with E-state index in [4.69, 9.17) is 25.2 Å². The number of ether oxygens (including phenoxy) is 3. The number of carbonyl (C=O) groups is 5. The predicted octanol–water partition coefficient (Wildman–Crippen LogP) is 5.60. The predicted molar refractivity (Wildman–Crippen MR) is 192 cm³/mol. The highest BCUT2D eigenvalue weighted by molar-refractivity contribution is 6.23. The molecule has 0 saturated carbocycles. The number of ketones is 2. The minimum absolute atomic E-state index is 0.0564. The van der Waals surface area contributed by atoms with Crippen molar-refractivity contribution in [2.45, 2.75) is 96.4 Å². The molecule has 6 rings (SSSR count). The van der Waals surface area contributed by atoms with Crippen molar-refractivity contribution in [3.63, 3.8) is 0 Å². The lowest BCUT2D eigenvalue weighted by Gasteiger charge is -2.19. The fourth-order valence-electron chi connectivity index (χ4n) is 8.08. The molecule has 4 N–H and O–H groups in total. The van der Waals surface area contributed by atoms with Crippen molar-refractivity contribution in [2.75, 3.05) is 20.8 Å². The summed E-state index contributed by atoms with van der Waals surface area (Å²) in [7, 11) is 2.44. The Hall–Kier alpha value is -5.17. The van der Waals surface area contributed by atoms with Crippen LogP contribution in [0, 0.1) is 13.8 Å². The van der Waals surface area contributed by atoms with E-state index < -0.39 is 35.8 Å². The molecule has 3 aromatic rings. The lowest BCUT2D eigenvalue weighted by molar-refractivity contribution is -0.149. The molecule has 0 amide bonds. The molecule has 6 atom stereocenters. The zero-order valence-electron chi connectivity index (χ0n) is 30.8. The fourth-order valence-corrected chi connectivity index (χ4v) is 8.08. The third kappa shape index (κ3) is 6.10. The lowest BCUT2D eigenvalue weighted by atomic mass is 9.84. The summed E-state index contributed by atoms with van der Waals surface area (Å²) in [6, 6.07) is 4.69. The molecule has 13 heteroatoms. The highest BCUT2D eigenvalue weighted by Gasteiger charge is 2.45. The Bertz CT molecular complexity index is 2180. The maximum Gasteiger partial charge on any atom is 0.326 e. The van der Waals surface area contributed by atoms with E-state index in [0.717, 1.165) is 23.4 Å². The van der Waals surface area contributed by atoms with E-state index in [2.05, 4.69) is 28.6 Å². The molecule has 52 heavy (non-hydrogen) atoms. The number of nitrogens with zero attached hydrogens (tertiary/aromatic N) is 2. The van der Waals surface area contributed by atoms with Gasteiger partial charge in [-0.3, -0.25) is 33.9 Å². The Balaban J connectivity index is 1.63. The first-order chi connectivity index (χ1) is 24.7. The van der Waals surface area contributed by atoms with Gasteiger partial charge in [-0.15, -0.1) is 0 Å². The van der Waals surface area contributed by atoms with Gasteiger partial charge in [-0.05, 0) is 62.9 Å².